The Balaban J connectivity index is 0.00000729. The summed E-state index contributed by atoms with van der Waals surface area (Å²) in [5.74, 6) is 1.53. The molecule has 9 heteroatoms. The third kappa shape index (κ3) is 10.2. The van der Waals surface area contributed by atoms with E-state index in [2.05, 4.69) is 15.6 Å². The number of hydrogen-bond acceptors (Lipinski definition) is 4. The Kier molecular flexibility index (Phi) is 13.7. The van der Waals surface area contributed by atoms with Gasteiger partial charge >= 0.3 is 0 Å². The highest BCUT2D eigenvalue weighted by atomic mass is 127. The van der Waals surface area contributed by atoms with E-state index in [9.17, 15) is 9.59 Å². The molecule has 2 N–H and O–H groups in total. The van der Waals surface area contributed by atoms with Crippen molar-refractivity contribution in [2.24, 2.45) is 4.99 Å². The van der Waals surface area contributed by atoms with E-state index in [0.29, 0.717) is 18.1 Å². The number of guanidine groups is 1. The Labute approximate surface area is 189 Å². The van der Waals surface area contributed by atoms with Gasteiger partial charge in [0.15, 0.2) is 5.96 Å². The summed E-state index contributed by atoms with van der Waals surface area (Å²) in [6.45, 7) is 1.53. The van der Waals surface area contributed by atoms with Crippen LogP contribution < -0.4 is 10.6 Å². The second-order valence-corrected chi connectivity index (χ2v) is 7.43. The number of amides is 2. The van der Waals surface area contributed by atoms with Crippen LogP contribution in [0.5, 0.6) is 0 Å². The zero-order valence-corrected chi connectivity index (χ0v) is 20.5. The molecule has 7 nitrogen and oxygen atoms in total. The van der Waals surface area contributed by atoms with Crippen molar-refractivity contribution in [3.05, 3.63) is 35.4 Å². The predicted octanol–water partition coefficient (Wildman–Crippen LogP) is 1.54. The van der Waals surface area contributed by atoms with Gasteiger partial charge in [-0.05, 0) is 30.4 Å². The molecular weight excluding hydrogens is 489 g/mol. The summed E-state index contributed by atoms with van der Waals surface area (Å²) in [6, 6.07) is 7.63. The number of halogens is 1. The van der Waals surface area contributed by atoms with Gasteiger partial charge in [-0.1, -0.05) is 12.1 Å². The fourth-order valence-corrected chi connectivity index (χ4v) is 2.48. The van der Waals surface area contributed by atoms with Crippen LogP contribution >= 0.6 is 35.7 Å². The van der Waals surface area contributed by atoms with Crippen molar-refractivity contribution in [2.75, 3.05) is 59.8 Å². The summed E-state index contributed by atoms with van der Waals surface area (Å²) in [6.07, 6.45) is 2.79. The molecule has 1 rings (SSSR count). The Bertz CT molecular complexity index is 653. The van der Waals surface area contributed by atoms with E-state index >= 15 is 0 Å². The molecule has 0 unspecified atom stereocenters. The Morgan fingerprint density at radius 3 is 2.36 bits per heavy atom. The quantitative estimate of drug-likeness (QED) is 0.223. The summed E-state index contributed by atoms with van der Waals surface area (Å²) in [7, 11) is 6.92. The monoisotopic (exact) mass is 521 g/mol. The smallest absolute Gasteiger partial charge is 0.253 e. The highest BCUT2D eigenvalue weighted by Gasteiger charge is 2.08. The van der Waals surface area contributed by atoms with Crippen LogP contribution in [0.3, 0.4) is 0 Å². The molecule has 0 spiro atoms. The van der Waals surface area contributed by atoms with E-state index < -0.39 is 0 Å². The van der Waals surface area contributed by atoms with Gasteiger partial charge in [0.05, 0.1) is 0 Å². The number of carbonyl (C=O) groups is 2. The zero-order valence-electron chi connectivity index (χ0n) is 17.3. The minimum Gasteiger partial charge on any atom is -0.356 e. The van der Waals surface area contributed by atoms with Crippen molar-refractivity contribution in [3.8, 4) is 0 Å². The van der Waals surface area contributed by atoms with Crippen LogP contribution in [0, 0.1) is 0 Å². The standard InChI is InChI=1S/C19H31N5O2S.HI/c1-23(2)17(25)14-22-19(21-11-12-27-5)20-10-9-15-7-6-8-16(13-15)18(26)24(3)4;/h6-8,13H,9-12,14H2,1-5H3,(H2,20,21,22);1H. The summed E-state index contributed by atoms with van der Waals surface area (Å²) in [5.41, 5.74) is 1.75. The number of thioether (sulfide) groups is 1. The molecule has 158 valence electrons. The van der Waals surface area contributed by atoms with Gasteiger partial charge in [-0.25, -0.2) is 4.99 Å². The minimum absolute atomic E-state index is 0. The first-order chi connectivity index (χ1) is 12.8. The maximum atomic E-state index is 12.1. The van der Waals surface area contributed by atoms with E-state index in [1.165, 1.54) is 4.90 Å². The number of likely N-dealkylation sites (N-methyl/N-ethyl adjacent to an activating group) is 1. The summed E-state index contributed by atoms with van der Waals surface area (Å²) < 4.78 is 0. The summed E-state index contributed by atoms with van der Waals surface area (Å²) in [5, 5.41) is 6.49. The van der Waals surface area contributed by atoms with Crippen LogP contribution in [0.25, 0.3) is 0 Å². The molecule has 0 heterocycles. The lowest BCUT2D eigenvalue weighted by atomic mass is 10.1. The Hall–Kier alpha value is -1.49. The van der Waals surface area contributed by atoms with Crippen LogP contribution in [-0.2, 0) is 11.2 Å². The van der Waals surface area contributed by atoms with E-state index in [4.69, 9.17) is 0 Å². The van der Waals surface area contributed by atoms with Crippen molar-refractivity contribution < 1.29 is 9.59 Å². The van der Waals surface area contributed by atoms with Crippen LogP contribution in [-0.4, -0.2) is 87.4 Å². The van der Waals surface area contributed by atoms with Crippen molar-refractivity contribution in [3.63, 3.8) is 0 Å². The van der Waals surface area contributed by atoms with Crippen LogP contribution in [0.4, 0.5) is 0 Å². The summed E-state index contributed by atoms with van der Waals surface area (Å²) >= 11 is 1.74. The molecule has 0 bridgehead atoms. The first-order valence-corrected chi connectivity index (χ1v) is 10.3. The van der Waals surface area contributed by atoms with E-state index in [1.54, 1.807) is 44.9 Å². The van der Waals surface area contributed by atoms with Gasteiger partial charge in [0, 0.05) is 52.6 Å². The van der Waals surface area contributed by atoms with E-state index in [-0.39, 0.29) is 42.3 Å². The fourth-order valence-electron chi connectivity index (χ4n) is 2.18. The molecule has 0 fully saturated rings. The highest BCUT2D eigenvalue weighted by molar-refractivity contribution is 14.0. The van der Waals surface area contributed by atoms with Crippen LogP contribution in [0.15, 0.2) is 29.3 Å². The maximum Gasteiger partial charge on any atom is 0.253 e. The average molecular weight is 521 g/mol. The third-order valence-corrected chi connectivity index (χ3v) is 4.37. The van der Waals surface area contributed by atoms with Gasteiger partial charge in [0.2, 0.25) is 5.91 Å². The van der Waals surface area contributed by atoms with E-state index in [1.807, 2.05) is 30.5 Å². The van der Waals surface area contributed by atoms with Gasteiger partial charge in [0.1, 0.15) is 6.54 Å². The van der Waals surface area contributed by atoms with Gasteiger partial charge < -0.3 is 20.4 Å². The van der Waals surface area contributed by atoms with Gasteiger partial charge in [-0.2, -0.15) is 11.8 Å². The third-order valence-electron chi connectivity index (χ3n) is 3.76. The molecule has 0 atom stereocenters. The number of nitrogens with zero attached hydrogens (tertiary/aromatic N) is 3. The molecule has 0 aliphatic heterocycles. The SMILES string of the molecule is CSCCNC(=NCC(=O)N(C)C)NCCc1cccc(C(=O)N(C)C)c1.I. The molecule has 28 heavy (non-hydrogen) atoms. The van der Waals surface area contributed by atoms with Crippen molar-refractivity contribution in [1.29, 1.82) is 0 Å². The molecule has 0 saturated carbocycles. The van der Waals surface area contributed by atoms with Crippen LogP contribution in [0.1, 0.15) is 15.9 Å². The Morgan fingerprint density at radius 2 is 1.75 bits per heavy atom. The topological polar surface area (TPSA) is 77.0 Å². The normalized spacial score (nSPS) is 10.7. The number of carbonyl (C=O) groups excluding carboxylic acids is 2. The largest absolute Gasteiger partial charge is 0.356 e. The first kappa shape index (κ1) is 26.5. The molecule has 0 radical (unpaired) electrons. The molecule has 1 aromatic rings. The van der Waals surface area contributed by atoms with Crippen molar-refractivity contribution >= 4 is 53.5 Å². The summed E-state index contributed by atoms with van der Waals surface area (Å²) in [4.78, 5) is 31.3. The van der Waals surface area contributed by atoms with Crippen molar-refractivity contribution in [1.82, 2.24) is 20.4 Å². The molecule has 0 saturated heterocycles. The minimum atomic E-state index is -0.0455. The average Bonchev–Trinajstić information content (AvgIpc) is 2.64. The van der Waals surface area contributed by atoms with E-state index in [0.717, 1.165) is 24.3 Å². The fraction of sp³-hybridized carbons (Fsp3) is 0.526. The molecule has 0 aromatic heterocycles. The lowest BCUT2D eigenvalue weighted by molar-refractivity contribution is -0.127. The molecule has 0 aliphatic rings. The van der Waals surface area contributed by atoms with Gasteiger partial charge in [-0.15, -0.1) is 24.0 Å². The predicted molar refractivity (Wildman–Crippen MR) is 129 cm³/mol. The second-order valence-electron chi connectivity index (χ2n) is 6.45. The number of nitrogens with one attached hydrogen (secondary N) is 2. The molecule has 2 amide bonds. The maximum absolute atomic E-state index is 12.1. The number of aliphatic imine (C=N–C) groups is 1. The molecular formula is C19H32IN5O2S. The first-order valence-electron chi connectivity index (χ1n) is 8.87. The number of benzene rings is 1. The molecule has 0 aliphatic carbocycles. The number of hydrogen-bond donors (Lipinski definition) is 2. The lowest BCUT2D eigenvalue weighted by Gasteiger charge is -2.14. The Morgan fingerprint density at radius 1 is 1.07 bits per heavy atom. The second kappa shape index (κ2) is 14.5. The van der Waals surface area contributed by atoms with Crippen molar-refractivity contribution in [2.45, 2.75) is 6.42 Å². The highest BCUT2D eigenvalue weighted by Crippen LogP contribution is 2.07. The number of rotatable bonds is 9. The molecule has 1 aromatic carbocycles. The van der Waals surface area contributed by atoms with Crippen LogP contribution in [0.2, 0.25) is 0 Å². The lowest BCUT2D eigenvalue weighted by Crippen LogP contribution is -2.40. The van der Waals surface area contributed by atoms with Gasteiger partial charge in [-0.3, -0.25) is 9.59 Å². The van der Waals surface area contributed by atoms with Gasteiger partial charge in [0.25, 0.3) is 5.91 Å². The zero-order chi connectivity index (χ0) is 20.2.